The van der Waals surface area contributed by atoms with Gasteiger partial charge in [0.15, 0.2) is 5.78 Å². The van der Waals surface area contributed by atoms with E-state index in [9.17, 15) is 9.18 Å². The summed E-state index contributed by atoms with van der Waals surface area (Å²) in [7, 11) is 0. The van der Waals surface area contributed by atoms with E-state index in [0.717, 1.165) is 5.56 Å². The molecule has 2 rings (SSSR count). The zero-order valence-corrected chi connectivity index (χ0v) is 7.36. The van der Waals surface area contributed by atoms with Crippen molar-refractivity contribution in [1.82, 2.24) is 0 Å². The standard InChI is InChI=1S/C10H10FNO/c1-5-8(12)4-7(11)6-2-3-9(13)10(5)6/h4H,2-3,12H2,1H3. The van der Waals surface area contributed by atoms with Gasteiger partial charge in [0.25, 0.3) is 0 Å². The van der Waals surface area contributed by atoms with Crippen molar-refractivity contribution in [3.8, 4) is 0 Å². The van der Waals surface area contributed by atoms with Crippen LogP contribution in [0, 0.1) is 12.7 Å². The fraction of sp³-hybridized carbons (Fsp3) is 0.300. The minimum Gasteiger partial charge on any atom is -0.398 e. The fourth-order valence-electron chi connectivity index (χ4n) is 1.81. The lowest BCUT2D eigenvalue weighted by Gasteiger charge is -2.06. The Morgan fingerprint density at radius 2 is 2.15 bits per heavy atom. The molecular formula is C10H10FNO. The van der Waals surface area contributed by atoms with Crippen LogP contribution in [0.1, 0.15) is 27.9 Å². The summed E-state index contributed by atoms with van der Waals surface area (Å²) in [5.74, 6) is -0.331. The second-order valence-electron chi connectivity index (χ2n) is 3.35. The third-order valence-corrected chi connectivity index (χ3v) is 2.56. The van der Waals surface area contributed by atoms with E-state index in [2.05, 4.69) is 0 Å². The Morgan fingerprint density at radius 1 is 1.46 bits per heavy atom. The number of hydrogen-bond acceptors (Lipinski definition) is 2. The molecule has 0 radical (unpaired) electrons. The molecule has 13 heavy (non-hydrogen) atoms. The van der Waals surface area contributed by atoms with Crippen molar-refractivity contribution in [3.05, 3.63) is 28.6 Å². The number of nitrogens with two attached hydrogens (primary N) is 1. The number of fused-ring (bicyclic) bond motifs is 1. The van der Waals surface area contributed by atoms with E-state index < -0.39 is 0 Å². The maximum atomic E-state index is 13.3. The number of Topliss-reactive ketones (excluding diaryl/α,β-unsaturated/α-hetero) is 1. The maximum absolute atomic E-state index is 13.3. The molecule has 0 amide bonds. The second kappa shape index (κ2) is 2.55. The molecule has 1 aliphatic carbocycles. The van der Waals surface area contributed by atoms with E-state index in [0.29, 0.717) is 29.7 Å². The Balaban J connectivity index is 2.77. The molecule has 1 aromatic rings. The number of benzene rings is 1. The summed E-state index contributed by atoms with van der Waals surface area (Å²) in [6.45, 7) is 1.76. The van der Waals surface area contributed by atoms with E-state index in [4.69, 9.17) is 5.73 Å². The molecule has 0 atom stereocenters. The molecule has 0 unspecified atom stereocenters. The van der Waals surface area contributed by atoms with Crippen LogP contribution in [-0.4, -0.2) is 5.78 Å². The van der Waals surface area contributed by atoms with Crippen molar-refractivity contribution in [3.63, 3.8) is 0 Å². The SMILES string of the molecule is Cc1c(N)cc(F)c2c1C(=O)CC2. The van der Waals surface area contributed by atoms with Gasteiger partial charge in [-0.25, -0.2) is 4.39 Å². The number of rotatable bonds is 0. The average molecular weight is 179 g/mol. The summed E-state index contributed by atoms with van der Waals surface area (Å²) < 4.78 is 13.3. The van der Waals surface area contributed by atoms with Gasteiger partial charge in [0.05, 0.1) is 0 Å². The number of nitrogen functional groups attached to an aromatic ring is 1. The van der Waals surface area contributed by atoms with Crippen molar-refractivity contribution < 1.29 is 9.18 Å². The number of carbonyl (C=O) groups is 1. The van der Waals surface area contributed by atoms with Gasteiger partial charge < -0.3 is 5.73 Å². The average Bonchev–Trinajstić information content (AvgIpc) is 2.44. The van der Waals surface area contributed by atoms with Crippen LogP contribution in [0.15, 0.2) is 6.07 Å². The van der Waals surface area contributed by atoms with Gasteiger partial charge in [-0.15, -0.1) is 0 Å². The van der Waals surface area contributed by atoms with Gasteiger partial charge in [-0.2, -0.15) is 0 Å². The zero-order chi connectivity index (χ0) is 9.59. The van der Waals surface area contributed by atoms with Gasteiger partial charge in [-0.05, 0) is 30.5 Å². The largest absolute Gasteiger partial charge is 0.398 e. The molecule has 2 N–H and O–H groups in total. The molecule has 3 heteroatoms. The Bertz CT molecular complexity index is 398. The third kappa shape index (κ3) is 1.03. The number of anilines is 1. The summed E-state index contributed by atoms with van der Waals surface area (Å²) in [6, 6.07) is 1.30. The molecule has 0 bridgehead atoms. The Hall–Kier alpha value is -1.38. The first-order chi connectivity index (χ1) is 6.11. The van der Waals surface area contributed by atoms with Gasteiger partial charge in [-0.1, -0.05) is 0 Å². The minimum atomic E-state index is -0.344. The Labute approximate surface area is 75.6 Å². The summed E-state index contributed by atoms with van der Waals surface area (Å²) in [5, 5.41) is 0. The molecule has 1 aromatic carbocycles. The van der Waals surface area contributed by atoms with Crippen LogP contribution in [0.2, 0.25) is 0 Å². The molecule has 0 fully saturated rings. The summed E-state index contributed by atoms with van der Waals surface area (Å²) in [6.07, 6.45) is 0.928. The molecule has 68 valence electrons. The van der Waals surface area contributed by atoms with Crippen LogP contribution in [0.3, 0.4) is 0 Å². The monoisotopic (exact) mass is 179 g/mol. The zero-order valence-electron chi connectivity index (χ0n) is 7.36. The van der Waals surface area contributed by atoms with Crippen LogP contribution >= 0.6 is 0 Å². The van der Waals surface area contributed by atoms with Crippen molar-refractivity contribution in [1.29, 1.82) is 0 Å². The van der Waals surface area contributed by atoms with Gasteiger partial charge in [-0.3, -0.25) is 4.79 Å². The lowest BCUT2D eigenvalue weighted by molar-refractivity contribution is 0.0994. The van der Waals surface area contributed by atoms with E-state index in [1.54, 1.807) is 6.92 Å². The summed E-state index contributed by atoms with van der Waals surface area (Å²) >= 11 is 0. The molecule has 1 aliphatic rings. The topological polar surface area (TPSA) is 43.1 Å². The number of ketones is 1. The van der Waals surface area contributed by atoms with Crippen LogP contribution in [-0.2, 0) is 6.42 Å². The van der Waals surface area contributed by atoms with Crippen molar-refractivity contribution in [2.45, 2.75) is 19.8 Å². The van der Waals surface area contributed by atoms with E-state index in [1.807, 2.05) is 0 Å². The Kier molecular flexibility index (Phi) is 1.62. The number of halogens is 1. The molecule has 0 saturated carbocycles. The quantitative estimate of drug-likeness (QED) is 0.617. The Morgan fingerprint density at radius 3 is 2.85 bits per heavy atom. The molecule has 0 saturated heterocycles. The van der Waals surface area contributed by atoms with Crippen LogP contribution in [0.4, 0.5) is 10.1 Å². The lowest BCUT2D eigenvalue weighted by atomic mass is 10.0. The predicted molar refractivity (Wildman–Crippen MR) is 48.2 cm³/mol. The minimum absolute atomic E-state index is 0.0127. The maximum Gasteiger partial charge on any atom is 0.163 e. The van der Waals surface area contributed by atoms with Gasteiger partial charge in [0.1, 0.15) is 5.82 Å². The first-order valence-electron chi connectivity index (χ1n) is 4.22. The van der Waals surface area contributed by atoms with E-state index >= 15 is 0 Å². The highest BCUT2D eigenvalue weighted by Gasteiger charge is 2.25. The van der Waals surface area contributed by atoms with E-state index in [1.165, 1.54) is 6.07 Å². The molecule has 0 spiro atoms. The fourth-order valence-corrected chi connectivity index (χ4v) is 1.81. The molecule has 0 aromatic heterocycles. The number of hydrogen-bond donors (Lipinski definition) is 1. The first kappa shape index (κ1) is 8.23. The predicted octanol–water partition coefficient (Wildman–Crippen LogP) is 1.85. The second-order valence-corrected chi connectivity index (χ2v) is 3.35. The van der Waals surface area contributed by atoms with Crippen LogP contribution in [0.5, 0.6) is 0 Å². The third-order valence-electron chi connectivity index (χ3n) is 2.56. The van der Waals surface area contributed by atoms with Gasteiger partial charge in [0, 0.05) is 17.7 Å². The van der Waals surface area contributed by atoms with Gasteiger partial charge >= 0.3 is 0 Å². The summed E-state index contributed by atoms with van der Waals surface area (Å²) in [5.41, 5.74) is 7.70. The molecular weight excluding hydrogens is 169 g/mol. The highest BCUT2D eigenvalue weighted by atomic mass is 19.1. The van der Waals surface area contributed by atoms with Crippen LogP contribution in [0.25, 0.3) is 0 Å². The van der Waals surface area contributed by atoms with Gasteiger partial charge in [0.2, 0.25) is 0 Å². The first-order valence-corrected chi connectivity index (χ1v) is 4.22. The lowest BCUT2D eigenvalue weighted by Crippen LogP contribution is -2.02. The highest BCUT2D eigenvalue weighted by molar-refractivity contribution is 6.02. The smallest absolute Gasteiger partial charge is 0.163 e. The highest BCUT2D eigenvalue weighted by Crippen LogP contribution is 2.30. The van der Waals surface area contributed by atoms with E-state index in [-0.39, 0.29) is 11.6 Å². The summed E-state index contributed by atoms with van der Waals surface area (Å²) in [4.78, 5) is 11.4. The molecule has 2 nitrogen and oxygen atoms in total. The van der Waals surface area contributed by atoms with Crippen LogP contribution < -0.4 is 5.73 Å². The number of carbonyl (C=O) groups excluding carboxylic acids is 1. The van der Waals surface area contributed by atoms with Crippen molar-refractivity contribution in [2.75, 3.05) is 5.73 Å². The molecule has 0 aliphatic heterocycles. The van der Waals surface area contributed by atoms with Crippen molar-refractivity contribution in [2.24, 2.45) is 0 Å². The normalized spacial score (nSPS) is 14.8. The van der Waals surface area contributed by atoms with Crippen molar-refractivity contribution >= 4 is 11.5 Å². The molecule has 0 heterocycles.